The number of guanidine groups is 1. The molecule has 1 heterocycles. The fraction of sp³-hybridized carbons (Fsp3) is 0.0714. The summed E-state index contributed by atoms with van der Waals surface area (Å²) in [5, 5.41) is 3.48. The van der Waals surface area contributed by atoms with E-state index < -0.39 is 0 Å². The van der Waals surface area contributed by atoms with Gasteiger partial charge in [0.1, 0.15) is 17.3 Å². The molecule has 0 atom stereocenters. The zero-order chi connectivity index (χ0) is 14.8. The molecule has 0 amide bonds. The maximum Gasteiger partial charge on any atom is 0.211 e. The second-order valence-electron chi connectivity index (χ2n) is 4.22. The molecule has 21 heavy (non-hydrogen) atoms. The van der Waals surface area contributed by atoms with Gasteiger partial charge in [0, 0.05) is 11.1 Å². The standard InChI is InChI=1S/C14H11ClFN3OS/c1-20-11-6-8(15)7-12-13(11)18-14(19-21-12)17-10-5-3-2-4-9(10)16/h2-7H,1H3,(H2,17,18,19). The van der Waals surface area contributed by atoms with Gasteiger partial charge in [0.05, 0.1) is 17.7 Å². The average molecular weight is 324 g/mol. The fourth-order valence-electron chi connectivity index (χ4n) is 1.88. The largest absolute Gasteiger partial charge is 0.494 e. The minimum absolute atomic E-state index is 0.346. The summed E-state index contributed by atoms with van der Waals surface area (Å²) in [7, 11) is 1.55. The SMILES string of the molecule is COc1cc(Cl)cc2c1N=C(Nc1ccccc1F)NS2. The normalized spacial score (nSPS) is 13.0. The van der Waals surface area contributed by atoms with Crippen LogP contribution in [0.5, 0.6) is 5.75 Å². The van der Waals surface area contributed by atoms with Gasteiger partial charge in [0.25, 0.3) is 0 Å². The van der Waals surface area contributed by atoms with E-state index in [1.54, 1.807) is 37.4 Å². The highest BCUT2D eigenvalue weighted by Gasteiger charge is 2.18. The molecule has 2 aromatic carbocycles. The van der Waals surface area contributed by atoms with Crippen molar-refractivity contribution in [3.8, 4) is 5.75 Å². The number of ether oxygens (including phenoxy) is 1. The van der Waals surface area contributed by atoms with E-state index in [1.165, 1.54) is 18.0 Å². The fourth-order valence-corrected chi connectivity index (χ4v) is 2.88. The number of hydrogen-bond donors (Lipinski definition) is 2. The Labute approximate surface area is 130 Å². The van der Waals surface area contributed by atoms with Crippen LogP contribution in [0.25, 0.3) is 0 Å². The van der Waals surface area contributed by atoms with Gasteiger partial charge in [-0.2, -0.15) is 0 Å². The third-order valence-electron chi connectivity index (χ3n) is 2.83. The lowest BCUT2D eigenvalue weighted by Gasteiger charge is -2.19. The molecule has 0 bridgehead atoms. The molecule has 2 N–H and O–H groups in total. The Morgan fingerprint density at radius 3 is 2.90 bits per heavy atom. The number of aliphatic imine (C=N–C) groups is 1. The van der Waals surface area contributed by atoms with Gasteiger partial charge < -0.3 is 10.1 Å². The van der Waals surface area contributed by atoms with Crippen LogP contribution in [0, 0.1) is 5.82 Å². The first-order valence-corrected chi connectivity index (χ1v) is 7.27. The summed E-state index contributed by atoms with van der Waals surface area (Å²) < 4.78 is 21.9. The molecule has 0 aromatic heterocycles. The third-order valence-corrected chi connectivity index (χ3v) is 3.88. The summed E-state index contributed by atoms with van der Waals surface area (Å²) >= 11 is 7.35. The summed E-state index contributed by atoms with van der Waals surface area (Å²) in [6, 6.07) is 9.88. The van der Waals surface area contributed by atoms with E-state index in [0.29, 0.717) is 28.1 Å². The third kappa shape index (κ3) is 2.91. The number of anilines is 1. The molecule has 1 aliphatic rings. The van der Waals surface area contributed by atoms with Crippen LogP contribution in [0.1, 0.15) is 0 Å². The van der Waals surface area contributed by atoms with Crippen molar-refractivity contribution < 1.29 is 9.13 Å². The Balaban J connectivity index is 1.95. The van der Waals surface area contributed by atoms with Crippen molar-refractivity contribution in [1.29, 1.82) is 0 Å². The number of hydrogen-bond acceptors (Lipinski definition) is 5. The van der Waals surface area contributed by atoms with E-state index in [0.717, 1.165) is 4.90 Å². The Morgan fingerprint density at radius 2 is 2.14 bits per heavy atom. The number of nitrogens with zero attached hydrogens (tertiary/aromatic N) is 1. The van der Waals surface area contributed by atoms with Gasteiger partial charge in [-0.25, -0.2) is 9.38 Å². The molecule has 0 aliphatic carbocycles. The second kappa shape index (κ2) is 5.83. The van der Waals surface area contributed by atoms with E-state index >= 15 is 0 Å². The highest BCUT2D eigenvalue weighted by atomic mass is 35.5. The molecular formula is C14H11ClFN3OS. The Morgan fingerprint density at radius 1 is 1.33 bits per heavy atom. The molecule has 0 radical (unpaired) electrons. The van der Waals surface area contributed by atoms with Crippen molar-refractivity contribution in [3.05, 3.63) is 47.2 Å². The van der Waals surface area contributed by atoms with Gasteiger partial charge in [-0.05, 0) is 30.1 Å². The molecule has 2 aromatic rings. The minimum atomic E-state index is -0.346. The first-order chi connectivity index (χ1) is 10.2. The van der Waals surface area contributed by atoms with Gasteiger partial charge in [-0.3, -0.25) is 4.72 Å². The molecule has 0 spiro atoms. The van der Waals surface area contributed by atoms with Crippen LogP contribution in [0.4, 0.5) is 15.8 Å². The highest BCUT2D eigenvalue weighted by molar-refractivity contribution is 7.98. The monoisotopic (exact) mass is 323 g/mol. The maximum atomic E-state index is 13.6. The summed E-state index contributed by atoms with van der Waals surface area (Å²) in [5.41, 5.74) is 1.00. The van der Waals surface area contributed by atoms with Crippen LogP contribution in [0.3, 0.4) is 0 Å². The molecule has 108 valence electrons. The predicted molar refractivity (Wildman–Crippen MR) is 84.1 cm³/mol. The van der Waals surface area contributed by atoms with Crippen molar-refractivity contribution in [2.24, 2.45) is 4.99 Å². The van der Waals surface area contributed by atoms with Crippen LogP contribution in [-0.2, 0) is 0 Å². The minimum Gasteiger partial charge on any atom is -0.494 e. The Hall–Kier alpha value is -1.92. The number of halogens is 2. The van der Waals surface area contributed by atoms with Crippen molar-refractivity contribution in [3.63, 3.8) is 0 Å². The average Bonchev–Trinajstić information content (AvgIpc) is 2.49. The zero-order valence-electron chi connectivity index (χ0n) is 11.0. The van der Waals surface area contributed by atoms with Crippen LogP contribution in [0.2, 0.25) is 5.02 Å². The maximum absolute atomic E-state index is 13.6. The quantitative estimate of drug-likeness (QED) is 0.813. The van der Waals surface area contributed by atoms with Crippen molar-refractivity contribution in [2.75, 3.05) is 12.4 Å². The molecule has 0 unspecified atom stereocenters. The lowest BCUT2D eigenvalue weighted by Crippen LogP contribution is -2.27. The van der Waals surface area contributed by atoms with Crippen molar-refractivity contribution in [1.82, 2.24) is 4.72 Å². The Kier molecular flexibility index (Phi) is 3.90. The molecule has 0 fully saturated rings. The van der Waals surface area contributed by atoms with Crippen molar-refractivity contribution in [2.45, 2.75) is 4.90 Å². The topological polar surface area (TPSA) is 45.6 Å². The number of para-hydroxylation sites is 1. The lowest BCUT2D eigenvalue weighted by molar-refractivity contribution is 0.415. The summed E-state index contributed by atoms with van der Waals surface area (Å²) in [6.07, 6.45) is 0. The first-order valence-electron chi connectivity index (χ1n) is 6.08. The van der Waals surface area contributed by atoms with Gasteiger partial charge in [-0.1, -0.05) is 23.7 Å². The summed E-state index contributed by atoms with van der Waals surface area (Å²) in [5.74, 6) is 0.651. The van der Waals surface area contributed by atoms with Gasteiger partial charge in [-0.15, -0.1) is 0 Å². The van der Waals surface area contributed by atoms with Gasteiger partial charge in [0.2, 0.25) is 5.96 Å². The van der Waals surface area contributed by atoms with E-state index in [-0.39, 0.29) is 5.82 Å². The van der Waals surface area contributed by atoms with Crippen LogP contribution in [-0.4, -0.2) is 13.1 Å². The summed E-state index contributed by atoms with van der Waals surface area (Å²) in [4.78, 5) is 5.26. The van der Waals surface area contributed by atoms with Gasteiger partial charge in [0.15, 0.2) is 0 Å². The Bertz CT molecular complexity index is 723. The molecule has 3 rings (SSSR count). The van der Waals surface area contributed by atoms with Crippen LogP contribution >= 0.6 is 23.5 Å². The number of fused-ring (bicyclic) bond motifs is 1. The molecule has 0 saturated carbocycles. The highest BCUT2D eigenvalue weighted by Crippen LogP contribution is 2.41. The summed E-state index contributed by atoms with van der Waals surface area (Å²) in [6.45, 7) is 0. The van der Waals surface area contributed by atoms with Crippen molar-refractivity contribution >= 4 is 40.9 Å². The van der Waals surface area contributed by atoms with E-state index in [4.69, 9.17) is 16.3 Å². The number of nitrogens with one attached hydrogen (secondary N) is 2. The molecule has 4 nitrogen and oxygen atoms in total. The molecule has 0 saturated heterocycles. The van der Waals surface area contributed by atoms with E-state index in [9.17, 15) is 4.39 Å². The first kappa shape index (κ1) is 14.0. The molecule has 1 aliphatic heterocycles. The number of rotatable bonds is 2. The van der Waals surface area contributed by atoms with E-state index in [1.807, 2.05) is 0 Å². The van der Waals surface area contributed by atoms with Crippen LogP contribution in [0.15, 0.2) is 46.3 Å². The van der Waals surface area contributed by atoms with Crippen LogP contribution < -0.4 is 14.8 Å². The lowest BCUT2D eigenvalue weighted by atomic mass is 10.3. The zero-order valence-corrected chi connectivity index (χ0v) is 12.6. The number of methoxy groups -OCH3 is 1. The number of benzene rings is 2. The van der Waals surface area contributed by atoms with Gasteiger partial charge >= 0.3 is 0 Å². The molecular weight excluding hydrogens is 313 g/mol. The molecule has 7 heteroatoms. The predicted octanol–water partition coefficient (Wildman–Crippen LogP) is 4.20. The second-order valence-corrected chi connectivity index (χ2v) is 5.51. The van der Waals surface area contributed by atoms with E-state index in [2.05, 4.69) is 15.0 Å². The smallest absolute Gasteiger partial charge is 0.211 e.